The van der Waals surface area contributed by atoms with Crippen molar-refractivity contribution in [3.8, 4) is 11.5 Å². The molecule has 0 bridgehead atoms. The van der Waals surface area contributed by atoms with Crippen LogP contribution < -0.4 is 8.92 Å². The van der Waals surface area contributed by atoms with E-state index < -0.39 is 21.3 Å². The quantitative estimate of drug-likeness (QED) is 0.0836. The molecule has 4 rings (SSSR count). The standard InChI is InChI=1S/C26H27FO6S2.C10H11FOS/c1-35(30,31)33-24-12-10-23(11-13-24)32-16-14-19-2-4-21(5-3-19)18-25(26(28)29)34-17-15-20-6-8-22(27)9-7-20;11-9-6-4-8(5-7-9)2-1-3-10(12)13/h2-13,25H,14-18H2,1H3,(H,28,29);4-7H,1-3H2,(H,12,13). The van der Waals surface area contributed by atoms with Crippen molar-refractivity contribution in [3.63, 3.8) is 0 Å². The Morgan fingerprint density at radius 3 is 1.75 bits per heavy atom. The molecule has 0 aliphatic carbocycles. The van der Waals surface area contributed by atoms with Gasteiger partial charge in [-0.15, -0.1) is 11.8 Å². The van der Waals surface area contributed by atoms with Gasteiger partial charge in [0, 0.05) is 12.8 Å². The van der Waals surface area contributed by atoms with Crippen LogP contribution in [0.1, 0.15) is 35.1 Å². The summed E-state index contributed by atoms with van der Waals surface area (Å²) in [7, 11) is -3.56. The third-order valence-electron chi connectivity index (χ3n) is 6.84. The molecule has 0 heterocycles. The molecule has 48 heavy (non-hydrogen) atoms. The lowest BCUT2D eigenvalue weighted by Gasteiger charge is -2.13. The molecular weight excluding hydrogens is 679 g/mol. The van der Waals surface area contributed by atoms with Gasteiger partial charge in [-0.25, -0.2) is 8.78 Å². The summed E-state index contributed by atoms with van der Waals surface area (Å²) in [6.07, 6.45) is 4.91. The highest BCUT2D eigenvalue weighted by molar-refractivity contribution is 8.00. The van der Waals surface area contributed by atoms with Crippen LogP contribution in [-0.4, -0.2) is 53.5 Å². The van der Waals surface area contributed by atoms with Crippen LogP contribution in [-0.2, 0) is 40.6 Å². The fraction of sp³-hybridized carbons (Fsp3) is 0.278. The first-order valence-electron chi connectivity index (χ1n) is 15.1. The summed E-state index contributed by atoms with van der Waals surface area (Å²) >= 11 is 5.91. The second-order valence-electron chi connectivity index (χ2n) is 10.8. The number of halogens is 2. The van der Waals surface area contributed by atoms with E-state index in [2.05, 4.69) is 12.2 Å². The maximum Gasteiger partial charge on any atom is 0.316 e. The first-order chi connectivity index (χ1) is 22.9. The number of carbonyl (C=O) groups is 1. The van der Waals surface area contributed by atoms with Crippen molar-refractivity contribution in [3.05, 3.63) is 131 Å². The monoisotopic (exact) mass is 716 g/mol. The zero-order valence-corrected chi connectivity index (χ0v) is 28.8. The number of carboxylic acid groups (broad SMARTS) is 1. The van der Waals surface area contributed by atoms with Crippen molar-refractivity contribution < 1.29 is 41.1 Å². The number of ether oxygens (including phenoxy) is 1. The second-order valence-corrected chi connectivity index (χ2v) is 14.2. The van der Waals surface area contributed by atoms with E-state index in [9.17, 15) is 27.1 Å². The molecule has 0 saturated heterocycles. The van der Waals surface area contributed by atoms with E-state index in [4.69, 9.17) is 14.0 Å². The van der Waals surface area contributed by atoms with Crippen molar-refractivity contribution in [2.75, 3.05) is 18.6 Å². The van der Waals surface area contributed by atoms with Gasteiger partial charge in [-0.05, 0) is 114 Å². The molecule has 0 spiro atoms. The number of thioether (sulfide) groups is 1. The number of aryl methyl sites for hydroxylation is 2. The molecule has 256 valence electrons. The third kappa shape index (κ3) is 15.7. The van der Waals surface area contributed by atoms with Crippen LogP contribution in [0.3, 0.4) is 0 Å². The minimum absolute atomic E-state index is 0.0436. The molecule has 0 fully saturated rings. The van der Waals surface area contributed by atoms with Gasteiger partial charge in [0.25, 0.3) is 0 Å². The smallest absolute Gasteiger partial charge is 0.316 e. The summed E-state index contributed by atoms with van der Waals surface area (Å²) in [5.41, 5.74) is 4.05. The summed E-state index contributed by atoms with van der Waals surface area (Å²) in [4.78, 5) is 11.7. The summed E-state index contributed by atoms with van der Waals surface area (Å²) in [6, 6.07) is 26.8. The lowest BCUT2D eigenvalue weighted by Crippen LogP contribution is -2.20. The number of hydrogen-bond acceptors (Lipinski definition) is 7. The van der Waals surface area contributed by atoms with E-state index in [-0.39, 0.29) is 22.4 Å². The van der Waals surface area contributed by atoms with E-state index >= 15 is 0 Å². The maximum absolute atomic E-state index is 13.0. The van der Waals surface area contributed by atoms with E-state index in [0.717, 1.165) is 41.4 Å². The minimum atomic E-state index is -3.56. The predicted molar refractivity (Wildman–Crippen MR) is 190 cm³/mol. The van der Waals surface area contributed by atoms with Gasteiger partial charge in [0.2, 0.25) is 0 Å². The number of benzene rings is 4. The lowest BCUT2D eigenvalue weighted by molar-refractivity contribution is -0.136. The number of hydrogen-bond donors (Lipinski definition) is 2. The molecule has 1 unspecified atom stereocenters. The molecular formula is C36H38F2O7S3. The molecule has 2 N–H and O–H groups in total. The summed E-state index contributed by atoms with van der Waals surface area (Å²) in [6.45, 7) is 0.433. The average Bonchev–Trinajstić information content (AvgIpc) is 3.03. The van der Waals surface area contributed by atoms with E-state index in [0.29, 0.717) is 43.8 Å². The SMILES string of the molecule is CS(=O)(=O)Oc1ccc(OCCc2ccc(CC(SCCc3ccc(F)cc3)C(=O)O)cc2)cc1.OC(=S)CCCc1ccc(F)cc1. The number of aliphatic hydroxyl groups is 1. The molecule has 1 atom stereocenters. The molecule has 0 aromatic heterocycles. The molecule has 0 amide bonds. The molecule has 0 radical (unpaired) electrons. The third-order valence-corrected chi connectivity index (χ3v) is 8.75. The van der Waals surface area contributed by atoms with Gasteiger partial charge in [-0.3, -0.25) is 4.79 Å². The molecule has 0 saturated carbocycles. The average molecular weight is 717 g/mol. The fourth-order valence-corrected chi connectivity index (χ4v) is 6.09. The highest BCUT2D eigenvalue weighted by atomic mass is 32.2. The van der Waals surface area contributed by atoms with Crippen molar-refractivity contribution >= 4 is 45.1 Å². The molecule has 4 aromatic carbocycles. The predicted octanol–water partition coefficient (Wildman–Crippen LogP) is 7.79. The van der Waals surface area contributed by atoms with Crippen LogP contribution in [0.4, 0.5) is 8.78 Å². The minimum Gasteiger partial charge on any atom is -0.502 e. The van der Waals surface area contributed by atoms with E-state index in [1.54, 1.807) is 36.4 Å². The zero-order chi connectivity index (χ0) is 34.9. The van der Waals surface area contributed by atoms with Crippen molar-refractivity contribution in [2.24, 2.45) is 0 Å². The van der Waals surface area contributed by atoms with Gasteiger partial charge in [0.15, 0.2) is 5.05 Å². The van der Waals surface area contributed by atoms with Gasteiger partial charge in [-0.1, -0.05) is 48.5 Å². The Bertz CT molecular complexity index is 1680. The summed E-state index contributed by atoms with van der Waals surface area (Å²) in [5.74, 6) is 0.115. The highest BCUT2D eigenvalue weighted by Crippen LogP contribution is 2.21. The molecule has 0 aliphatic heterocycles. The van der Waals surface area contributed by atoms with Crippen molar-refractivity contribution in [1.29, 1.82) is 0 Å². The first kappa shape index (κ1) is 38.4. The van der Waals surface area contributed by atoms with Crippen LogP contribution in [0.5, 0.6) is 11.5 Å². The van der Waals surface area contributed by atoms with Crippen molar-refractivity contribution in [2.45, 2.75) is 43.8 Å². The Balaban J connectivity index is 0.000000402. The Hall–Kier alpha value is -4.00. The van der Waals surface area contributed by atoms with Crippen LogP contribution in [0.2, 0.25) is 0 Å². The number of thiocarbonyl (C=S) groups is 1. The van der Waals surface area contributed by atoms with Crippen LogP contribution in [0.25, 0.3) is 0 Å². The number of carboxylic acids is 1. The van der Waals surface area contributed by atoms with Gasteiger partial charge < -0.3 is 19.1 Å². The second kappa shape index (κ2) is 19.7. The Morgan fingerprint density at radius 1 is 0.750 bits per heavy atom. The Morgan fingerprint density at radius 2 is 1.23 bits per heavy atom. The van der Waals surface area contributed by atoms with Gasteiger partial charge in [-0.2, -0.15) is 8.42 Å². The fourth-order valence-electron chi connectivity index (χ4n) is 4.39. The Kier molecular flexibility index (Phi) is 15.8. The van der Waals surface area contributed by atoms with Gasteiger partial charge in [0.05, 0.1) is 12.9 Å². The summed E-state index contributed by atoms with van der Waals surface area (Å²) < 4.78 is 58.3. The highest BCUT2D eigenvalue weighted by Gasteiger charge is 2.18. The number of rotatable bonds is 17. The molecule has 12 heteroatoms. The van der Waals surface area contributed by atoms with E-state index in [1.807, 2.05) is 24.3 Å². The normalized spacial score (nSPS) is 11.6. The van der Waals surface area contributed by atoms with Crippen LogP contribution >= 0.6 is 24.0 Å². The summed E-state index contributed by atoms with van der Waals surface area (Å²) in [5, 5.41) is 17.8. The zero-order valence-electron chi connectivity index (χ0n) is 26.4. The van der Waals surface area contributed by atoms with Crippen LogP contribution in [0, 0.1) is 11.6 Å². The van der Waals surface area contributed by atoms with Gasteiger partial charge in [0.1, 0.15) is 28.4 Å². The Labute approximate surface area is 290 Å². The largest absolute Gasteiger partial charge is 0.502 e. The topological polar surface area (TPSA) is 110 Å². The van der Waals surface area contributed by atoms with E-state index in [1.165, 1.54) is 48.2 Å². The van der Waals surface area contributed by atoms with Gasteiger partial charge >= 0.3 is 16.1 Å². The first-order valence-corrected chi connectivity index (χ1v) is 18.4. The maximum atomic E-state index is 13.0. The number of aliphatic carboxylic acids is 1. The number of aliphatic hydroxyl groups excluding tert-OH is 1. The molecule has 0 aliphatic rings. The lowest BCUT2D eigenvalue weighted by atomic mass is 10.1. The molecule has 7 nitrogen and oxygen atoms in total. The molecule has 4 aromatic rings. The van der Waals surface area contributed by atoms with Crippen molar-refractivity contribution in [1.82, 2.24) is 0 Å². The van der Waals surface area contributed by atoms with Crippen LogP contribution in [0.15, 0.2) is 97.1 Å².